The van der Waals surface area contributed by atoms with E-state index in [9.17, 15) is 29.8 Å². The molecule has 0 fully saturated rings. The number of nitro groups is 2. The van der Waals surface area contributed by atoms with Gasteiger partial charge in [-0.05, 0) is 50.5 Å². The molecule has 0 amide bonds. The van der Waals surface area contributed by atoms with E-state index in [1.807, 2.05) is 26.2 Å². The number of non-ortho nitro benzene ring substituents is 2. The van der Waals surface area contributed by atoms with Crippen LogP contribution in [0.4, 0.5) is 11.4 Å². The van der Waals surface area contributed by atoms with Crippen LogP contribution in [-0.2, 0) is 13.6 Å². The van der Waals surface area contributed by atoms with Gasteiger partial charge < -0.3 is 13.6 Å². The highest BCUT2D eigenvalue weighted by molar-refractivity contribution is 6.84. The lowest BCUT2D eigenvalue weighted by Crippen LogP contribution is -2.51. The monoisotopic (exact) mass is 492 g/mol. The zero-order valence-electron chi connectivity index (χ0n) is 18.6. The maximum atomic E-state index is 12.3. The summed E-state index contributed by atoms with van der Waals surface area (Å²) in [5, 5.41) is 21.4. The molecule has 0 aliphatic carbocycles. The molecule has 0 spiro atoms. The fourth-order valence-electron chi connectivity index (χ4n) is 2.89. The number of hydrogen-bond acceptors (Lipinski definition) is 9. The Morgan fingerprint density at radius 1 is 0.697 bits per heavy atom. The minimum atomic E-state index is -2.49. The average molecular weight is 493 g/mol. The highest BCUT2D eigenvalue weighted by Gasteiger charge is 2.36. The summed E-state index contributed by atoms with van der Waals surface area (Å²) in [6.07, 6.45) is 0.102. The highest BCUT2D eigenvalue weighted by atomic mass is 28.4. The molecule has 0 bridgehead atoms. The number of rotatable bonds is 10. The van der Waals surface area contributed by atoms with Crippen LogP contribution in [0, 0.1) is 20.2 Å². The van der Waals surface area contributed by atoms with Gasteiger partial charge >= 0.3 is 11.9 Å². The topological polar surface area (TPSA) is 148 Å². The number of hydrogen-bond donors (Lipinski definition) is 0. The van der Waals surface area contributed by atoms with Gasteiger partial charge in [-0.2, -0.15) is 0 Å². The van der Waals surface area contributed by atoms with Gasteiger partial charge in [0.25, 0.3) is 11.4 Å². The first-order valence-electron chi connectivity index (χ1n) is 9.83. The van der Waals surface area contributed by atoms with E-state index >= 15 is 0 Å². The van der Waals surface area contributed by atoms with Crippen LogP contribution in [0.15, 0.2) is 48.5 Å². The Kier molecular flexibility index (Phi) is 8.19. The molecule has 2 aromatic carbocycles. The summed E-state index contributed by atoms with van der Waals surface area (Å²) in [5.74, 6) is -1.23. The molecule has 0 atom stereocenters. The molecular formula is C20H24N2O9Si2. The van der Waals surface area contributed by atoms with Crippen LogP contribution in [-0.4, -0.2) is 50.9 Å². The van der Waals surface area contributed by atoms with Gasteiger partial charge in [-0.1, -0.05) is 0 Å². The maximum absolute atomic E-state index is 12.3. The normalized spacial score (nSPS) is 11.5. The molecule has 0 unspecified atom stereocenters. The molecule has 0 aliphatic heterocycles. The maximum Gasteiger partial charge on any atom is 0.337 e. The minimum Gasteiger partial charge on any atom is -0.463 e. The van der Waals surface area contributed by atoms with E-state index in [0.717, 1.165) is 0 Å². The summed E-state index contributed by atoms with van der Waals surface area (Å²) >= 11 is 0. The minimum absolute atomic E-state index is 0.0511. The van der Waals surface area contributed by atoms with E-state index < -0.39 is 38.4 Å². The fourth-order valence-corrected chi connectivity index (χ4v) is 10.3. The third-order valence-electron chi connectivity index (χ3n) is 4.28. The number of carbonyl (C=O) groups excluding carboxylic acids is 2. The summed E-state index contributed by atoms with van der Waals surface area (Å²) in [4.78, 5) is 44.8. The summed E-state index contributed by atoms with van der Waals surface area (Å²) in [7, 11) is -4.98. The third-order valence-corrected chi connectivity index (χ3v) is 10.4. The van der Waals surface area contributed by atoms with Crippen molar-refractivity contribution in [3.05, 3.63) is 79.9 Å². The van der Waals surface area contributed by atoms with Crippen molar-refractivity contribution in [3.63, 3.8) is 0 Å². The van der Waals surface area contributed by atoms with Crippen LogP contribution >= 0.6 is 0 Å². The highest BCUT2D eigenvalue weighted by Crippen LogP contribution is 2.18. The Morgan fingerprint density at radius 2 is 1.00 bits per heavy atom. The summed E-state index contributed by atoms with van der Waals surface area (Å²) < 4.78 is 16.9. The third kappa shape index (κ3) is 7.89. The lowest BCUT2D eigenvalue weighted by Gasteiger charge is -2.33. The van der Waals surface area contributed by atoms with Crippen LogP contribution < -0.4 is 0 Å². The van der Waals surface area contributed by atoms with Gasteiger partial charge in [-0.25, -0.2) is 9.59 Å². The van der Waals surface area contributed by atoms with Crippen molar-refractivity contribution in [2.45, 2.75) is 26.2 Å². The number of carbonyl (C=O) groups is 2. The molecule has 2 aromatic rings. The Labute approximate surface area is 191 Å². The van der Waals surface area contributed by atoms with E-state index in [-0.39, 0.29) is 35.0 Å². The predicted octanol–water partition coefficient (Wildman–Crippen LogP) is 4.02. The van der Waals surface area contributed by atoms with E-state index in [0.29, 0.717) is 0 Å². The van der Waals surface area contributed by atoms with Crippen molar-refractivity contribution in [1.82, 2.24) is 0 Å². The fraction of sp³-hybridized carbons (Fsp3) is 0.300. The molecule has 0 saturated carbocycles. The van der Waals surface area contributed by atoms with Gasteiger partial charge in [0.15, 0.2) is 0 Å². The molecule has 0 aromatic heterocycles. The van der Waals surface area contributed by atoms with E-state index in [1.54, 1.807) is 0 Å². The molecule has 11 nitrogen and oxygen atoms in total. The second kappa shape index (κ2) is 10.5. The van der Waals surface area contributed by atoms with Crippen LogP contribution in [0.3, 0.4) is 0 Å². The number of ether oxygens (including phenoxy) is 2. The Bertz CT molecular complexity index is 955. The smallest absolute Gasteiger partial charge is 0.337 e. The van der Waals surface area contributed by atoms with Crippen LogP contribution in [0.25, 0.3) is 0 Å². The largest absolute Gasteiger partial charge is 0.463 e. The summed E-state index contributed by atoms with van der Waals surface area (Å²) in [5.41, 5.74) is 0.138. The van der Waals surface area contributed by atoms with Crippen LogP contribution in [0.1, 0.15) is 20.7 Å². The van der Waals surface area contributed by atoms with Crippen molar-refractivity contribution in [2.75, 3.05) is 12.5 Å². The molecule has 0 N–H and O–H groups in total. The Hall–Kier alpha value is -3.43. The van der Waals surface area contributed by atoms with Crippen molar-refractivity contribution in [2.24, 2.45) is 0 Å². The SMILES string of the molecule is C[Si](C)(COC(=O)c1ccc([N+](=O)[O-])cc1)O[Si](C)(C)COC(=O)c1ccc([N+](=O)[O-])cc1. The molecule has 0 heterocycles. The first kappa shape index (κ1) is 25.8. The quantitative estimate of drug-likeness (QED) is 0.207. The molecule has 0 radical (unpaired) electrons. The van der Waals surface area contributed by atoms with E-state index in [2.05, 4.69) is 0 Å². The lowest BCUT2D eigenvalue weighted by molar-refractivity contribution is -0.385. The first-order chi connectivity index (χ1) is 15.3. The van der Waals surface area contributed by atoms with Crippen LogP contribution in [0.2, 0.25) is 26.2 Å². The average Bonchev–Trinajstić information content (AvgIpc) is 2.75. The Balaban J connectivity index is 1.88. The molecule has 0 aliphatic rings. The van der Waals surface area contributed by atoms with Gasteiger partial charge in [0, 0.05) is 24.3 Å². The summed E-state index contributed by atoms with van der Waals surface area (Å²) in [6.45, 7) is 7.46. The van der Waals surface area contributed by atoms with Gasteiger partial charge in [-0.3, -0.25) is 20.2 Å². The van der Waals surface area contributed by atoms with Crippen molar-refractivity contribution in [1.29, 1.82) is 0 Å². The molecule has 2 rings (SSSR count). The van der Waals surface area contributed by atoms with Crippen LogP contribution in [0.5, 0.6) is 0 Å². The van der Waals surface area contributed by atoms with E-state index in [4.69, 9.17) is 13.6 Å². The number of benzene rings is 2. The molecular weight excluding hydrogens is 468 g/mol. The first-order valence-corrected chi connectivity index (χ1v) is 16.1. The summed E-state index contributed by atoms with van der Waals surface area (Å²) in [6, 6.07) is 10.2. The van der Waals surface area contributed by atoms with Crippen molar-refractivity contribution < 1.29 is 33.0 Å². The number of nitrogens with zero attached hydrogens (tertiary/aromatic N) is 2. The predicted molar refractivity (Wildman–Crippen MR) is 123 cm³/mol. The lowest BCUT2D eigenvalue weighted by atomic mass is 10.2. The zero-order valence-corrected chi connectivity index (χ0v) is 20.6. The molecule has 0 saturated heterocycles. The molecule has 13 heteroatoms. The number of esters is 2. The molecule has 176 valence electrons. The molecule has 33 heavy (non-hydrogen) atoms. The second-order valence-corrected chi connectivity index (χ2v) is 16.8. The van der Waals surface area contributed by atoms with E-state index in [1.165, 1.54) is 48.5 Å². The van der Waals surface area contributed by atoms with Gasteiger partial charge in [0.1, 0.15) is 12.5 Å². The van der Waals surface area contributed by atoms with Gasteiger partial charge in [0.2, 0.25) is 16.6 Å². The van der Waals surface area contributed by atoms with Gasteiger partial charge in [-0.15, -0.1) is 0 Å². The Morgan fingerprint density at radius 3 is 1.27 bits per heavy atom. The standard InChI is InChI=1S/C20H24N2O9Si2/c1-32(2,13-29-19(23)15-5-9-17(10-6-15)21(25)26)31-33(3,4)14-30-20(24)16-7-11-18(12-8-16)22(27)28/h5-12H,13-14H2,1-4H3. The van der Waals surface area contributed by atoms with Gasteiger partial charge in [0.05, 0.1) is 21.0 Å². The zero-order chi connectivity index (χ0) is 24.8. The van der Waals surface area contributed by atoms with Crippen molar-refractivity contribution >= 4 is 39.9 Å². The second-order valence-electron chi connectivity index (χ2n) is 8.38. The number of nitro benzene ring substituents is 2. The van der Waals surface area contributed by atoms with Crippen molar-refractivity contribution in [3.8, 4) is 0 Å².